The molecule has 0 saturated carbocycles. The maximum atomic E-state index is 11.9. The van der Waals surface area contributed by atoms with E-state index in [0.29, 0.717) is 5.56 Å². The molecule has 0 fully saturated rings. The van der Waals surface area contributed by atoms with Gasteiger partial charge in [-0.25, -0.2) is 0 Å². The molecule has 0 spiro atoms. The Balaban J connectivity index is 3.67. The fourth-order valence-corrected chi connectivity index (χ4v) is 2.09. The molecule has 108 valence electrons. The molecule has 0 unspecified atom stereocenters. The lowest BCUT2D eigenvalue weighted by Crippen LogP contribution is -2.18. The molecule has 1 N–H and O–H groups in total. The van der Waals surface area contributed by atoms with Gasteiger partial charge in [0.15, 0.2) is 0 Å². The van der Waals surface area contributed by atoms with Crippen LogP contribution in [0.1, 0.15) is 63.0 Å². The molecule has 0 aliphatic heterocycles. The Morgan fingerprint density at radius 3 is 1.80 bits per heavy atom. The predicted octanol–water partition coefficient (Wildman–Crippen LogP) is 4.23. The number of nitrogens with zero attached hydrogens (tertiary/aromatic N) is 1. The molecule has 0 aromatic heterocycles. The second-order valence-corrected chi connectivity index (χ2v) is 7.11. The highest BCUT2D eigenvalue weighted by Crippen LogP contribution is 2.39. The molecule has 0 radical (unpaired) electrons. The van der Waals surface area contributed by atoms with E-state index in [0.717, 1.165) is 11.1 Å². The van der Waals surface area contributed by atoms with Crippen molar-refractivity contribution in [2.24, 2.45) is 4.99 Å². The van der Waals surface area contributed by atoms with Crippen LogP contribution in [0.3, 0.4) is 0 Å². The number of amides is 1. The van der Waals surface area contributed by atoms with E-state index in [4.69, 9.17) is 0 Å². The Hall–Kier alpha value is -1.51. The third kappa shape index (κ3) is 3.53. The lowest BCUT2D eigenvalue weighted by atomic mass is 9.78. The highest BCUT2D eigenvalue weighted by molar-refractivity contribution is 7.78. The SMILES string of the molecule is CC(C)(C)c1cc(C(=O)N=C=S)cc(C(C)(C)C)c1O. The smallest absolute Gasteiger partial charge is 0.285 e. The molecule has 1 aromatic rings. The Bertz CT molecular complexity index is 550. The van der Waals surface area contributed by atoms with Crippen LogP contribution in [0.15, 0.2) is 17.1 Å². The number of hydrogen-bond acceptors (Lipinski definition) is 3. The number of carbonyl (C=O) groups excluding carboxylic acids is 1. The molecule has 0 aliphatic rings. The summed E-state index contributed by atoms with van der Waals surface area (Å²) in [6, 6.07) is 3.37. The highest BCUT2D eigenvalue weighted by Gasteiger charge is 2.27. The normalized spacial score (nSPS) is 11.9. The lowest BCUT2D eigenvalue weighted by Gasteiger charge is -2.27. The quantitative estimate of drug-likeness (QED) is 0.622. The summed E-state index contributed by atoms with van der Waals surface area (Å²) in [5.74, 6) is -0.191. The van der Waals surface area contributed by atoms with Crippen molar-refractivity contribution in [3.8, 4) is 5.75 Å². The highest BCUT2D eigenvalue weighted by atomic mass is 32.1. The van der Waals surface area contributed by atoms with Gasteiger partial charge in [-0.1, -0.05) is 41.5 Å². The lowest BCUT2D eigenvalue weighted by molar-refractivity contribution is 0.100. The molecule has 1 aromatic carbocycles. The van der Waals surface area contributed by atoms with Gasteiger partial charge in [-0.15, -0.1) is 0 Å². The van der Waals surface area contributed by atoms with Gasteiger partial charge in [0.1, 0.15) is 5.75 Å². The van der Waals surface area contributed by atoms with Gasteiger partial charge in [-0.05, 0) is 35.2 Å². The largest absolute Gasteiger partial charge is 0.507 e. The average Bonchev–Trinajstić information content (AvgIpc) is 2.26. The first-order valence-electron chi connectivity index (χ1n) is 6.48. The Kier molecular flexibility index (Phi) is 4.52. The van der Waals surface area contributed by atoms with Crippen LogP contribution in [-0.4, -0.2) is 16.2 Å². The number of phenols is 1. The van der Waals surface area contributed by atoms with E-state index < -0.39 is 5.91 Å². The van der Waals surface area contributed by atoms with E-state index in [1.807, 2.05) is 41.5 Å². The first kappa shape index (κ1) is 16.5. The second-order valence-electron chi connectivity index (χ2n) is 6.93. The van der Waals surface area contributed by atoms with Gasteiger partial charge in [-0.3, -0.25) is 4.79 Å². The van der Waals surface area contributed by atoms with Crippen LogP contribution in [-0.2, 0) is 10.8 Å². The zero-order valence-electron chi connectivity index (χ0n) is 12.9. The molecule has 3 nitrogen and oxygen atoms in total. The third-order valence-corrected chi connectivity index (χ3v) is 3.21. The maximum Gasteiger partial charge on any atom is 0.285 e. The molecule has 0 aliphatic carbocycles. The number of aromatic hydroxyl groups is 1. The number of thiocarbonyl (C=S) groups is 1. The number of phenolic OH excluding ortho intramolecular Hbond substituents is 1. The minimum atomic E-state index is -0.434. The zero-order valence-corrected chi connectivity index (χ0v) is 13.7. The molecule has 1 rings (SSSR count). The molecule has 4 heteroatoms. The third-order valence-electron chi connectivity index (χ3n) is 3.12. The summed E-state index contributed by atoms with van der Waals surface area (Å²) < 4.78 is 0. The van der Waals surface area contributed by atoms with E-state index in [2.05, 4.69) is 22.4 Å². The van der Waals surface area contributed by atoms with E-state index in [1.54, 1.807) is 12.1 Å². The summed E-state index contributed by atoms with van der Waals surface area (Å²) in [7, 11) is 0. The molecule has 0 atom stereocenters. The van der Waals surface area contributed by atoms with Gasteiger partial charge < -0.3 is 5.11 Å². The van der Waals surface area contributed by atoms with Crippen LogP contribution in [0, 0.1) is 0 Å². The number of rotatable bonds is 1. The molecule has 0 saturated heterocycles. The average molecular weight is 291 g/mol. The van der Waals surface area contributed by atoms with Crippen molar-refractivity contribution in [3.05, 3.63) is 28.8 Å². The minimum Gasteiger partial charge on any atom is -0.507 e. The Morgan fingerprint density at radius 2 is 1.50 bits per heavy atom. The van der Waals surface area contributed by atoms with Crippen molar-refractivity contribution in [3.63, 3.8) is 0 Å². The van der Waals surface area contributed by atoms with Gasteiger partial charge in [0, 0.05) is 16.7 Å². The molecule has 1 amide bonds. The van der Waals surface area contributed by atoms with Crippen LogP contribution in [0.4, 0.5) is 0 Å². The fraction of sp³-hybridized carbons (Fsp3) is 0.500. The molecular weight excluding hydrogens is 270 g/mol. The van der Waals surface area contributed by atoms with Gasteiger partial charge in [0.2, 0.25) is 0 Å². The van der Waals surface area contributed by atoms with E-state index >= 15 is 0 Å². The summed E-state index contributed by atoms with van der Waals surface area (Å²) in [5.41, 5.74) is 1.33. The molecule has 20 heavy (non-hydrogen) atoms. The topological polar surface area (TPSA) is 49.7 Å². The zero-order chi connectivity index (χ0) is 15.7. The van der Waals surface area contributed by atoms with Gasteiger partial charge in [0.05, 0.1) is 5.16 Å². The monoisotopic (exact) mass is 291 g/mol. The van der Waals surface area contributed by atoms with Crippen molar-refractivity contribution in [2.45, 2.75) is 52.4 Å². The van der Waals surface area contributed by atoms with Gasteiger partial charge in [-0.2, -0.15) is 4.99 Å². The van der Waals surface area contributed by atoms with Gasteiger partial charge >= 0.3 is 0 Å². The summed E-state index contributed by atoms with van der Waals surface area (Å²) in [6.07, 6.45) is 0. The second kappa shape index (κ2) is 5.47. The van der Waals surface area contributed by atoms with E-state index in [1.165, 1.54) is 0 Å². The fourth-order valence-electron chi connectivity index (χ4n) is 2.01. The van der Waals surface area contributed by atoms with Crippen LogP contribution in [0.5, 0.6) is 5.75 Å². The number of hydrogen-bond donors (Lipinski definition) is 1. The van der Waals surface area contributed by atoms with Crippen molar-refractivity contribution in [1.82, 2.24) is 0 Å². The molecule has 0 heterocycles. The molecular formula is C16H21NO2S. The number of benzene rings is 1. The van der Waals surface area contributed by atoms with Gasteiger partial charge in [0.25, 0.3) is 5.91 Å². The van der Waals surface area contributed by atoms with Crippen molar-refractivity contribution >= 4 is 23.3 Å². The summed E-state index contributed by atoms with van der Waals surface area (Å²) in [6.45, 7) is 11.9. The number of carbonyl (C=O) groups is 1. The number of aliphatic imine (C=N–C) groups is 1. The van der Waals surface area contributed by atoms with Crippen LogP contribution >= 0.6 is 12.2 Å². The van der Waals surface area contributed by atoms with Crippen molar-refractivity contribution in [1.29, 1.82) is 0 Å². The predicted molar refractivity (Wildman–Crippen MR) is 84.9 cm³/mol. The molecule has 0 bridgehead atoms. The maximum absolute atomic E-state index is 11.9. The Labute approximate surface area is 125 Å². The number of isothiocyanates is 1. The van der Waals surface area contributed by atoms with Crippen molar-refractivity contribution < 1.29 is 9.90 Å². The van der Waals surface area contributed by atoms with Crippen LogP contribution in [0.25, 0.3) is 0 Å². The minimum absolute atomic E-state index is 0.243. The van der Waals surface area contributed by atoms with Crippen molar-refractivity contribution in [2.75, 3.05) is 0 Å². The summed E-state index contributed by atoms with van der Waals surface area (Å²) >= 11 is 4.48. The van der Waals surface area contributed by atoms with E-state index in [-0.39, 0.29) is 16.6 Å². The Morgan fingerprint density at radius 1 is 1.10 bits per heavy atom. The van der Waals surface area contributed by atoms with Crippen LogP contribution < -0.4 is 0 Å². The van der Waals surface area contributed by atoms with E-state index in [9.17, 15) is 9.90 Å². The summed E-state index contributed by atoms with van der Waals surface area (Å²) in [5, 5.41) is 12.6. The first-order chi connectivity index (χ1) is 8.98. The summed E-state index contributed by atoms with van der Waals surface area (Å²) in [4.78, 5) is 15.5. The van der Waals surface area contributed by atoms with Crippen LogP contribution in [0.2, 0.25) is 0 Å². The first-order valence-corrected chi connectivity index (χ1v) is 6.89. The standard InChI is InChI=1S/C16H21NO2S/c1-15(2,3)11-7-10(14(19)17-9-20)8-12(13(11)18)16(4,5)6/h7-8,18H,1-6H3.